The SMILES string of the molecule is CNCCOc1cc(NC(=O)c2cccc(Cl)c2)nc(N)n1. The Bertz CT molecular complexity index is 665. The fourth-order valence-electron chi connectivity index (χ4n) is 1.66. The molecule has 0 aliphatic carbocycles. The summed E-state index contributed by atoms with van der Waals surface area (Å²) in [7, 11) is 1.81. The highest BCUT2D eigenvalue weighted by Crippen LogP contribution is 2.16. The maximum absolute atomic E-state index is 12.1. The van der Waals surface area contributed by atoms with E-state index in [0.717, 1.165) is 0 Å². The van der Waals surface area contributed by atoms with Gasteiger partial charge in [-0.25, -0.2) is 0 Å². The smallest absolute Gasteiger partial charge is 0.256 e. The molecule has 0 aliphatic heterocycles. The molecule has 1 aromatic carbocycles. The van der Waals surface area contributed by atoms with Crippen LogP contribution >= 0.6 is 11.6 Å². The highest BCUT2D eigenvalue weighted by molar-refractivity contribution is 6.31. The third-order valence-corrected chi connectivity index (χ3v) is 2.89. The summed E-state index contributed by atoms with van der Waals surface area (Å²) in [5, 5.41) is 6.05. The van der Waals surface area contributed by atoms with Crippen molar-refractivity contribution in [2.45, 2.75) is 0 Å². The predicted octanol–water partition coefficient (Wildman–Crippen LogP) is 1.56. The molecule has 0 radical (unpaired) electrons. The van der Waals surface area contributed by atoms with Gasteiger partial charge in [-0.15, -0.1) is 0 Å². The number of nitrogens with two attached hydrogens (primary N) is 1. The number of anilines is 2. The Kier molecular flexibility index (Phi) is 5.51. The van der Waals surface area contributed by atoms with Gasteiger partial charge in [0.1, 0.15) is 12.4 Å². The molecule has 8 heteroatoms. The first-order valence-corrected chi connectivity index (χ1v) is 6.95. The summed E-state index contributed by atoms with van der Waals surface area (Å²) < 4.78 is 5.41. The van der Waals surface area contributed by atoms with E-state index in [4.69, 9.17) is 22.1 Å². The summed E-state index contributed by atoms with van der Waals surface area (Å²) in [4.78, 5) is 20.0. The summed E-state index contributed by atoms with van der Waals surface area (Å²) in [6, 6.07) is 8.10. The molecule has 22 heavy (non-hydrogen) atoms. The molecular weight excluding hydrogens is 306 g/mol. The number of nitrogens with zero attached hydrogens (tertiary/aromatic N) is 2. The van der Waals surface area contributed by atoms with Gasteiger partial charge in [-0.3, -0.25) is 4.79 Å². The van der Waals surface area contributed by atoms with Crippen LogP contribution in [0.5, 0.6) is 5.88 Å². The van der Waals surface area contributed by atoms with Crippen molar-refractivity contribution in [3.63, 3.8) is 0 Å². The zero-order chi connectivity index (χ0) is 15.9. The van der Waals surface area contributed by atoms with Crippen LogP contribution < -0.4 is 21.1 Å². The van der Waals surface area contributed by atoms with Crippen molar-refractivity contribution in [1.29, 1.82) is 0 Å². The Hall–Kier alpha value is -2.38. The van der Waals surface area contributed by atoms with Crippen LogP contribution in [-0.4, -0.2) is 36.1 Å². The molecule has 0 saturated carbocycles. The van der Waals surface area contributed by atoms with Crippen LogP contribution in [0.15, 0.2) is 30.3 Å². The number of nitrogen functional groups attached to an aromatic ring is 1. The summed E-state index contributed by atoms with van der Waals surface area (Å²) in [5.74, 6) is 0.228. The molecule has 1 aromatic heterocycles. The minimum Gasteiger partial charge on any atom is -0.476 e. The first-order valence-electron chi connectivity index (χ1n) is 6.57. The Morgan fingerprint density at radius 2 is 2.18 bits per heavy atom. The molecular formula is C14H16ClN5O2. The molecule has 1 heterocycles. The number of carbonyl (C=O) groups excluding carboxylic acids is 1. The van der Waals surface area contributed by atoms with Gasteiger partial charge in [-0.05, 0) is 25.2 Å². The number of hydrogen-bond donors (Lipinski definition) is 3. The van der Waals surface area contributed by atoms with Crippen LogP contribution in [0, 0.1) is 0 Å². The van der Waals surface area contributed by atoms with Crippen LogP contribution in [0.2, 0.25) is 5.02 Å². The second-order valence-electron chi connectivity index (χ2n) is 4.37. The molecule has 0 spiro atoms. The minimum atomic E-state index is -0.346. The van der Waals surface area contributed by atoms with Gasteiger partial charge in [-0.1, -0.05) is 17.7 Å². The van der Waals surface area contributed by atoms with Gasteiger partial charge in [0.05, 0.1) is 0 Å². The molecule has 0 aliphatic rings. The van der Waals surface area contributed by atoms with Crippen LogP contribution in [0.25, 0.3) is 0 Å². The fourth-order valence-corrected chi connectivity index (χ4v) is 1.85. The third-order valence-electron chi connectivity index (χ3n) is 2.65. The molecule has 0 atom stereocenters. The fraction of sp³-hybridized carbons (Fsp3) is 0.214. The second kappa shape index (κ2) is 7.58. The van der Waals surface area contributed by atoms with E-state index in [0.29, 0.717) is 29.6 Å². The number of likely N-dealkylation sites (N-methyl/N-ethyl adjacent to an activating group) is 1. The normalized spacial score (nSPS) is 10.3. The summed E-state index contributed by atoms with van der Waals surface area (Å²) in [6.45, 7) is 1.09. The maximum Gasteiger partial charge on any atom is 0.256 e. The molecule has 0 unspecified atom stereocenters. The number of rotatable bonds is 6. The molecule has 0 saturated heterocycles. The highest BCUT2D eigenvalue weighted by Gasteiger charge is 2.10. The molecule has 4 N–H and O–H groups in total. The van der Waals surface area contributed by atoms with Gasteiger partial charge >= 0.3 is 0 Å². The summed E-state index contributed by atoms with van der Waals surface area (Å²) in [5.41, 5.74) is 6.03. The van der Waals surface area contributed by atoms with Gasteiger partial charge in [0.2, 0.25) is 11.8 Å². The van der Waals surface area contributed by atoms with Crippen molar-refractivity contribution in [3.05, 3.63) is 40.9 Å². The average Bonchev–Trinajstić information content (AvgIpc) is 2.47. The van der Waals surface area contributed by atoms with Crippen molar-refractivity contribution in [3.8, 4) is 5.88 Å². The zero-order valence-electron chi connectivity index (χ0n) is 12.0. The topological polar surface area (TPSA) is 102 Å². The monoisotopic (exact) mass is 321 g/mol. The number of hydrogen-bond acceptors (Lipinski definition) is 6. The maximum atomic E-state index is 12.1. The van der Waals surface area contributed by atoms with E-state index < -0.39 is 0 Å². The van der Waals surface area contributed by atoms with Gasteiger partial charge in [0.15, 0.2) is 0 Å². The van der Waals surface area contributed by atoms with Gasteiger partial charge < -0.3 is 21.1 Å². The van der Waals surface area contributed by atoms with Crippen LogP contribution in [0.3, 0.4) is 0 Å². The number of aromatic nitrogens is 2. The van der Waals surface area contributed by atoms with Crippen molar-refractivity contribution in [1.82, 2.24) is 15.3 Å². The lowest BCUT2D eigenvalue weighted by Crippen LogP contribution is -2.17. The van der Waals surface area contributed by atoms with Crippen molar-refractivity contribution in [2.24, 2.45) is 0 Å². The Balaban J connectivity index is 2.10. The number of benzene rings is 1. The number of ether oxygens (including phenoxy) is 1. The number of amides is 1. The van der Waals surface area contributed by atoms with Gasteiger partial charge in [0.25, 0.3) is 5.91 Å². The summed E-state index contributed by atoms with van der Waals surface area (Å²) in [6.07, 6.45) is 0. The molecule has 7 nitrogen and oxygen atoms in total. The van der Waals surface area contributed by atoms with E-state index in [1.807, 2.05) is 7.05 Å². The van der Waals surface area contributed by atoms with E-state index in [-0.39, 0.29) is 17.7 Å². The van der Waals surface area contributed by atoms with Crippen molar-refractivity contribution >= 4 is 29.3 Å². The first-order chi connectivity index (χ1) is 10.6. The first kappa shape index (κ1) is 16.0. The number of nitrogens with one attached hydrogen (secondary N) is 2. The molecule has 116 valence electrons. The molecule has 0 bridgehead atoms. The van der Waals surface area contributed by atoms with E-state index in [1.54, 1.807) is 24.3 Å². The van der Waals surface area contributed by atoms with E-state index in [9.17, 15) is 4.79 Å². The number of carbonyl (C=O) groups is 1. The second-order valence-corrected chi connectivity index (χ2v) is 4.80. The van der Waals surface area contributed by atoms with Gasteiger partial charge in [-0.2, -0.15) is 9.97 Å². The lowest BCUT2D eigenvalue weighted by atomic mass is 10.2. The lowest BCUT2D eigenvalue weighted by Gasteiger charge is -2.09. The van der Waals surface area contributed by atoms with Crippen LogP contribution in [0.1, 0.15) is 10.4 Å². The third kappa shape index (κ3) is 4.57. The number of halogens is 1. The summed E-state index contributed by atoms with van der Waals surface area (Å²) >= 11 is 5.86. The van der Waals surface area contributed by atoms with Crippen LogP contribution in [-0.2, 0) is 0 Å². The van der Waals surface area contributed by atoms with Crippen LogP contribution in [0.4, 0.5) is 11.8 Å². The van der Waals surface area contributed by atoms with Crippen molar-refractivity contribution < 1.29 is 9.53 Å². The standard InChI is InChI=1S/C14H16ClN5O2/c1-17-5-6-22-12-8-11(19-14(16)20-12)18-13(21)9-3-2-4-10(15)7-9/h2-4,7-8,17H,5-6H2,1H3,(H3,16,18,19,20,21). The molecule has 2 rings (SSSR count). The quantitative estimate of drug-likeness (QED) is 0.698. The Morgan fingerprint density at radius 3 is 2.91 bits per heavy atom. The molecule has 1 amide bonds. The Morgan fingerprint density at radius 1 is 1.36 bits per heavy atom. The largest absolute Gasteiger partial charge is 0.476 e. The highest BCUT2D eigenvalue weighted by atomic mass is 35.5. The van der Waals surface area contributed by atoms with E-state index in [1.165, 1.54) is 6.07 Å². The van der Waals surface area contributed by atoms with Crippen molar-refractivity contribution in [2.75, 3.05) is 31.2 Å². The average molecular weight is 322 g/mol. The van der Waals surface area contributed by atoms with Gasteiger partial charge in [0, 0.05) is 23.2 Å². The Labute approximate surface area is 132 Å². The lowest BCUT2D eigenvalue weighted by molar-refractivity contribution is 0.102. The zero-order valence-corrected chi connectivity index (χ0v) is 12.7. The minimum absolute atomic E-state index is 0.0170. The molecule has 0 fully saturated rings. The van der Waals surface area contributed by atoms with E-state index in [2.05, 4.69) is 20.6 Å². The predicted molar refractivity (Wildman–Crippen MR) is 85.3 cm³/mol. The molecule has 2 aromatic rings. The van der Waals surface area contributed by atoms with E-state index >= 15 is 0 Å².